The maximum Gasteiger partial charge on any atom is 0.0469 e. The van der Waals surface area contributed by atoms with Crippen molar-refractivity contribution >= 4 is 0 Å². The summed E-state index contributed by atoms with van der Waals surface area (Å²) in [6, 6.07) is 0. The first-order valence-corrected chi connectivity index (χ1v) is 7.31. The molecule has 1 N–H and O–H groups in total. The zero-order chi connectivity index (χ0) is 11.7. The number of ether oxygens (including phenoxy) is 1. The molecular formula is C14H26N2O. The highest BCUT2D eigenvalue weighted by Crippen LogP contribution is 2.40. The minimum absolute atomic E-state index is 0.406. The van der Waals surface area contributed by atoms with Crippen LogP contribution in [-0.4, -0.2) is 49.8 Å². The Labute approximate surface area is 105 Å². The van der Waals surface area contributed by atoms with Crippen molar-refractivity contribution in [1.29, 1.82) is 0 Å². The van der Waals surface area contributed by atoms with E-state index in [4.69, 9.17) is 4.74 Å². The summed E-state index contributed by atoms with van der Waals surface area (Å²) in [4.78, 5) is 2.70. The molecule has 0 aromatic rings. The molecular weight excluding hydrogens is 212 g/mol. The van der Waals surface area contributed by atoms with Gasteiger partial charge < -0.3 is 10.1 Å². The Morgan fingerprint density at radius 3 is 2.71 bits per heavy atom. The largest absolute Gasteiger partial charge is 0.381 e. The molecule has 0 bridgehead atoms. The summed E-state index contributed by atoms with van der Waals surface area (Å²) in [5, 5.41) is 3.76. The number of nitrogens with one attached hydrogen (secondary N) is 1. The maximum atomic E-state index is 5.45. The van der Waals surface area contributed by atoms with Crippen molar-refractivity contribution in [2.45, 2.75) is 38.1 Å². The van der Waals surface area contributed by atoms with Crippen LogP contribution in [0.15, 0.2) is 0 Å². The van der Waals surface area contributed by atoms with E-state index in [1.807, 2.05) is 0 Å². The average molecular weight is 238 g/mol. The van der Waals surface area contributed by atoms with E-state index in [2.05, 4.69) is 17.1 Å². The summed E-state index contributed by atoms with van der Waals surface area (Å²) < 4.78 is 5.45. The Balaban J connectivity index is 1.52. The van der Waals surface area contributed by atoms with Gasteiger partial charge in [-0.3, -0.25) is 4.90 Å². The molecule has 0 radical (unpaired) electrons. The standard InChI is InChI=1S/C14H26N2O/c1-14(13-2-3-13)11-16(7-6-15-14)10-12-4-8-17-9-5-12/h12-13,15H,2-11H2,1H3. The second-order valence-corrected chi connectivity index (χ2v) is 6.41. The van der Waals surface area contributed by atoms with Gasteiger partial charge in [0.25, 0.3) is 0 Å². The second kappa shape index (κ2) is 4.87. The maximum absolute atomic E-state index is 5.45. The third kappa shape index (κ3) is 2.83. The van der Waals surface area contributed by atoms with Crippen LogP contribution in [0.2, 0.25) is 0 Å². The predicted octanol–water partition coefficient (Wildman–Crippen LogP) is 1.49. The molecule has 0 amide bonds. The Morgan fingerprint density at radius 2 is 2.00 bits per heavy atom. The van der Waals surface area contributed by atoms with Gasteiger partial charge in [-0.2, -0.15) is 0 Å². The van der Waals surface area contributed by atoms with Gasteiger partial charge >= 0.3 is 0 Å². The Morgan fingerprint density at radius 1 is 1.24 bits per heavy atom. The molecule has 0 spiro atoms. The van der Waals surface area contributed by atoms with E-state index < -0.39 is 0 Å². The lowest BCUT2D eigenvalue weighted by Gasteiger charge is -2.43. The fourth-order valence-corrected chi connectivity index (χ4v) is 3.54. The molecule has 17 heavy (non-hydrogen) atoms. The first-order chi connectivity index (χ1) is 8.26. The molecule has 3 heteroatoms. The molecule has 1 aliphatic carbocycles. The van der Waals surface area contributed by atoms with Crippen LogP contribution < -0.4 is 5.32 Å². The van der Waals surface area contributed by atoms with Crippen molar-refractivity contribution in [3.8, 4) is 0 Å². The van der Waals surface area contributed by atoms with Gasteiger partial charge in [-0.25, -0.2) is 0 Å². The molecule has 0 aromatic carbocycles. The molecule has 1 saturated carbocycles. The SMILES string of the molecule is CC1(C2CC2)CN(CC2CCOCC2)CCN1. The zero-order valence-electron chi connectivity index (χ0n) is 11.1. The minimum atomic E-state index is 0.406. The van der Waals surface area contributed by atoms with Gasteiger partial charge in [0.05, 0.1) is 0 Å². The number of hydrogen-bond acceptors (Lipinski definition) is 3. The summed E-state index contributed by atoms with van der Waals surface area (Å²) in [7, 11) is 0. The van der Waals surface area contributed by atoms with Crippen molar-refractivity contribution in [1.82, 2.24) is 10.2 Å². The minimum Gasteiger partial charge on any atom is -0.381 e. The highest BCUT2D eigenvalue weighted by molar-refractivity contribution is 5.02. The summed E-state index contributed by atoms with van der Waals surface area (Å²) in [6.45, 7) is 9.37. The van der Waals surface area contributed by atoms with E-state index in [0.29, 0.717) is 5.54 Å². The molecule has 1 unspecified atom stereocenters. The molecule has 3 aliphatic rings. The molecule has 2 saturated heterocycles. The van der Waals surface area contributed by atoms with Crippen molar-refractivity contribution in [3.05, 3.63) is 0 Å². The summed E-state index contributed by atoms with van der Waals surface area (Å²) >= 11 is 0. The van der Waals surface area contributed by atoms with Crippen molar-refractivity contribution in [3.63, 3.8) is 0 Å². The molecule has 98 valence electrons. The van der Waals surface area contributed by atoms with Crippen molar-refractivity contribution in [2.75, 3.05) is 39.4 Å². The van der Waals surface area contributed by atoms with Crippen LogP contribution in [0, 0.1) is 11.8 Å². The number of piperazine rings is 1. The first-order valence-electron chi connectivity index (χ1n) is 7.31. The van der Waals surface area contributed by atoms with Gasteiger partial charge in [0.15, 0.2) is 0 Å². The van der Waals surface area contributed by atoms with Gasteiger partial charge in [0.2, 0.25) is 0 Å². The molecule has 1 atom stereocenters. The number of nitrogens with zero attached hydrogens (tertiary/aromatic N) is 1. The normalized spacial score (nSPS) is 37.2. The van der Waals surface area contributed by atoms with E-state index in [-0.39, 0.29) is 0 Å². The Hall–Kier alpha value is -0.120. The van der Waals surface area contributed by atoms with Gasteiger partial charge in [-0.05, 0) is 44.4 Å². The highest BCUT2D eigenvalue weighted by atomic mass is 16.5. The van der Waals surface area contributed by atoms with Crippen molar-refractivity contribution < 1.29 is 4.74 Å². The molecule has 0 aromatic heterocycles. The van der Waals surface area contributed by atoms with Crippen LogP contribution in [0.5, 0.6) is 0 Å². The Kier molecular flexibility index (Phi) is 3.42. The van der Waals surface area contributed by atoms with Crippen molar-refractivity contribution in [2.24, 2.45) is 11.8 Å². The van der Waals surface area contributed by atoms with Crippen LogP contribution >= 0.6 is 0 Å². The average Bonchev–Trinajstić information content (AvgIpc) is 3.14. The van der Waals surface area contributed by atoms with Gasteiger partial charge in [-0.15, -0.1) is 0 Å². The van der Waals surface area contributed by atoms with E-state index >= 15 is 0 Å². The first kappa shape index (κ1) is 11.9. The summed E-state index contributed by atoms with van der Waals surface area (Å²) in [5.74, 6) is 1.82. The molecule has 2 aliphatic heterocycles. The topological polar surface area (TPSA) is 24.5 Å². The second-order valence-electron chi connectivity index (χ2n) is 6.41. The lowest BCUT2D eigenvalue weighted by Crippen LogP contribution is -2.60. The Bertz CT molecular complexity index is 261. The number of rotatable bonds is 3. The zero-order valence-corrected chi connectivity index (χ0v) is 11.1. The van der Waals surface area contributed by atoms with Crippen LogP contribution in [0.3, 0.4) is 0 Å². The quantitative estimate of drug-likeness (QED) is 0.806. The fraction of sp³-hybridized carbons (Fsp3) is 1.00. The van der Waals surface area contributed by atoms with Crippen LogP contribution in [0.25, 0.3) is 0 Å². The van der Waals surface area contributed by atoms with Gasteiger partial charge in [0, 0.05) is 44.9 Å². The highest BCUT2D eigenvalue weighted by Gasteiger charge is 2.43. The van der Waals surface area contributed by atoms with E-state index in [1.165, 1.54) is 51.9 Å². The fourth-order valence-electron chi connectivity index (χ4n) is 3.54. The summed E-state index contributed by atoms with van der Waals surface area (Å²) in [6.07, 6.45) is 5.41. The van der Waals surface area contributed by atoms with E-state index in [0.717, 1.165) is 25.0 Å². The third-order valence-corrected chi connectivity index (χ3v) is 4.84. The molecule has 3 fully saturated rings. The van der Waals surface area contributed by atoms with Crippen LogP contribution in [0.1, 0.15) is 32.6 Å². The van der Waals surface area contributed by atoms with Crippen LogP contribution in [0.4, 0.5) is 0 Å². The number of hydrogen-bond donors (Lipinski definition) is 1. The van der Waals surface area contributed by atoms with E-state index in [9.17, 15) is 0 Å². The predicted molar refractivity (Wildman–Crippen MR) is 69.1 cm³/mol. The molecule has 3 nitrogen and oxygen atoms in total. The third-order valence-electron chi connectivity index (χ3n) is 4.84. The van der Waals surface area contributed by atoms with E-state index in [1.54, 1.807) is 0 Å². The smallest absolute Gasteiger partial charge is 0.0469 e. The lowest BCUT2D eigenvalue weighted by atomic mass is 9.91. The molecule has 2 heterocycles. The van der Waals surface area contributed by atoms with Gasteiger partial charge in [0.1, 0.15) is 0 Å². The lowest BCUT2D eigenvalue weighted by molar-refractivity contribution is 0.0397. The van der Waals surface area contributed by atoms with Gasteiger partial charge in [-0.1, -0.05) is 0 Å². The summed E-state index contributed by atoms with van der Waals surface area (Å²) in [5.41, 5.74) is 0.406. The molecule has 3 rings (SSSR count). The monoisotopic (exact) mass is 238 g/mol. The van der Waals surface area contributed by atoms with Crippen LogP contribution in [-0.2, 0) is 4.74 Å².